The number of hydrogen-bond acceptors (Lipinski definition) is 4. The predicted molar refractivity (Wildman–Crippen MR) is 106 cm³/mol. The van der Waals surface area contributed by atoms with E-state index < -0.39 is 33.9 Å². The summed E-state index contributed by atoms with van der Waals surface area (Å²) in [4.78, 5) is -0.103. The standard InChI is InChI=1S/C21H16F4N2O3S/c1-31(28,29)16-8-10-20(22,11-9-16)27-17(13-19(26-27)21(23,24)25)14-4-6-15(7-5-14)18-3-2-12-30-18/h2-10,12-13H,11H2,1H3. The average molecular weight is 452 g/mol. The van der Waals surface area contributed by atoms with Gasteiger partial charge in [-0.3, -0.25) is 0 Å². The quantitative estimate of drug-likeness (QED) is 0.502. The lowest BCUT2D eigenvalue weighted by molar-refractivity contribution is -0.141. The van der Waals surface area contributed by atoms with Crippen LogP contribution in [0, 0.1) is 0 Å². The molecule has 10 heteroatoms. The zero-order valence-corrected chi connectivity index (χ0v) is 16.9. The van der Waals surface area contributed by atoms with E-state index in [-0.39, 0.29) is 10.6 Å². The summed E-state index contributed by atoms with van der Waals surface area (Å²) in [7, 11) is -3.58. The fourth-order valence-electron chi connectivity index (χ4n) is 3.28. The highest BCUT2D eigenvalue weighted by atomic mass is 32.2. The van der Waals surface area contributed by atoms with Crippen molar-refractivity contribution in [3.63, 3.8) is 0 Å². The first kappa shape index (κ1) is 21.1. The van der Waals surface area contributed by atoms with E-state index in [2.05, 4.69) is 5.10 Å². The number of allylic oxidation sites excluding steroid dienone is 3. The Morgan fingerprint density at radius 3 is 2.32 bits per heavy atom. The van der Waals surface area contributed by atoms with Gasteiger partial charge >= 0.3 is 6.18 Å². The first-order valence-electron chi connectivity index (χ1n) is 9.08. The van der Waals surface area contributed by atoms with Crippen LogP contribution in [0.1, 0.15) is 12.1 Å². The summed E-state index contributed by atoms with van der Waals surface area (Å²) in [5.41, 5.74) is -0.340. The van der Waals surface area contributed by atoms with Gasteiger partial charge in [0.15, 0.2) is 15.5 Å². The van der Waals surface area contributed by atoms with Gasteiger partial charge in [0.2, 0.25) is 5.79 Å². The van der Waals surface area contributed by atoms with E-state index in [9.17, 15) is 21.6 Å². The molecule has 0 saturated heterocycles. The molecule has 1 aliphatic carbocycles. The lowest BCUT2D eigenvalue weighted by atomic mass is 10.0. The van der Waals surface area contributed by atoms with Crippen LogP contribution in [-0.4, -0.2) is 24.5 Å². The zero-order chi connectivity index (χ0) is 22.4. The highest BCUT2D eigenvalue weighted by Crippen LogP contribution is 2.39. The van der Waals surface area contributed by atoms with E-state index in [1.807, 2.05) is 0 Å². The topological polar surface area (TPSA) is 65.1 Å². The molecular weight excluding hydrogens is 436 g/mol. The SMILES string of the molecule is CS(=O)(=O)C1=CCC(F)(n2nc(C(F)(F)F)cc2-c2ccc(-c3ccco3)cc2)C=C1. The normalized spacial score (nSPS) is 19.5. The summed E-state index contributed by atoms with van der Waals surface area (Å²) in [5.74, 6) is -1.89. The number of rotatable bonds is 4. The summed E-state index contributed by atoms with van der Waals surface area (Å²) in [5, 5.41) is 3.48. The molecule has 0 spiro atoms. The first-order chi connectivity index (χ1) is 14.5. The average Bonchev–Trinajstić information content (AvgIpc) is 3.38. The largest absolute Gasteiger partial charge is 0.464 e. The second-order valence-corrected chi connectivity index (χ2v) is 9.13. The molecule has 1 atom stereocenters. The number of hydrogen-bond donors (Lipinski definition) is 0. The second-order valence-electron chi connectivity index (χ2n) is 7.11. The van der Waals surface area contributed by atoms with Crippen molar-refractivity contribution < 1.29 is 30.4 Å². The maximum absolute atomic E-state index is 15.7. The minimum atomic E-state index is -4.78. The lowest BCUT2D eigenvalue weighted by Gasteiger charge is -2.26. The summed E-state index contributed by atoms with van der Waals surface area (Å²) < 4.78 is 85.0. The molecule has 31 heavy (non-hydrogen) atoms. The molecule has 0 N–H and O–H groups in total. The first-order valence-corrected chi connectivity index (χ1v) is 11.0. The van der Waals surface area contributed by atoms with Gasteiger partial charge in [0.25, 0.3) is 0 Å². The van der Waals surface area contributed by atoms with E-state index in [0.29, 0.717) is 21.6 Å². The van der Waals surface area contributed by atoms with Crippen molar-refractivity contribution in [2.24, 2.45) is 0 Å². The van der Waals surface area contributed by atoms with E-state index in [1.165, 1.54) is 6.26 Å². The van der Waals surface area contributed by atoms with Crippen LogP contribution in [0.5, 0.6) is 0 Å². The molecular formula is C21H16F4N2O3S. The second kappa shape index (κ2) is 7.23. The Morgan fingerprint density at radius 2 is 1.81 bits per heavy atom. The van der Waals surface area contributed by atoms with Crippen molar-refractivity contribution in [1.82, 2.24) is 9.78 Å². The molecule has 0 amide bonds. The van der Waals surface area contributed by atoms with Gasteiger partial charge in [-0.05, 0) is 35.9 Å². The summed E-state index contributed by atoms with van der Waals surface area (Å²) in [6, 6.07) is 10.6. The van der Waals surface area contributed by atoms with Crippen LogP contribution >= 0.6 is 0 Å². The number of benzene rings is 1. The minimum Gasteiger partial charge on any atom is -0.464 e. The van der Waals surface area contributed by atoms with Crippen molar-refractivity contribution in [2.45, 2.75) is 18.4 Å². The molecule has 5 nitrogen and oxygen atoms in total. The Balaban J connectivity index is 1.78. The summed E-state index contributed by atoms with van der Waals surface area (Å²) in [6.07, 6.45) is 0.284. The number of aromatic nitrogens is 2. The molecule has 0 aliphatic heterocycles. The van der Waals surface area contributed by atoms with Crippen molar-refractivity contribution in [2.75, 3.05) is 6.26 Å². The van der Waals surface area contributed by atoms with Gasteiger partial charge < -0.3 is 4.42 Å². The van der Waals surface area contributed by atoms with Crippen LogP contribution in [0.15, 0.2) is 76.3 Å². The highest BCUT2D eigenvalue weighted by molar-refractivity contribution is 7.94. The fourth-order valence-corrected chi connectivity index (χ4v) is 3.98. The molecule has 0 bridgehead atoms. The van der Waals surface area contributed by atoms with Gasteiger partial charge in [-0.1, -0.05) is 30.3 Å². The monoisotopic (exact) mass is 452 g/mol. The van der Waals surface area contributed by atoms with Crippen LogP contribution in [0.2, 0.25) is 0 Å². The van der Waals surface area contributed by atoms with Gasteiger partial charge in [-0.2, -0.15) is 18.3 Å². The Kier molecular flexibility index (Phi) is 4.92. The minimum absolute atomic E-state index is 0.0957. The van der Waals surface area contributed by atoms with Crippen molar-refractivity contribution >= 4 is 9.84 Å². The summed E-state index contributed by atoms with van der Waals surface area (Å²) in [6.45, 7) is 0. The molecule has 1 aliphatic rings. The Labute approximate surface area is 175 Å². The number of sulfone groups is 1. The zero-order valence-electron chi connectivity index (χ0n) is 16.1. The van der Waals surface area contributed by atoms with Crippen LogP contribution in [0.3, 0.4) is 0 Å². The number of halogens is 4. The smallest absolute Gasteiger partial charge is 0.435 e. The Bertz CT molecular complexity index is 1270. The van der Waals surface area contributed by atoms with E-state index in [1.54, 1.807) is 36.4 Å². The third kappa shape index (κ3) is 4.07. The highest BCUT2D eigenvalue weighted by Gasteiger charge is 2.40. The maximum Gasteiger partial charge on any atom is 0.435 e. The molecule has 0 fully saturated rings. The van der Waals surface area contributed by atoms with Gasteiger partial charge in [0, 0.05) is 18.2 Å². The Morgan fingerprint density at radius 1 is 1.13 bits per heavy atom. The van der Waals surface area contributed by atoms with E-state index in [4.69, 9.17) is 4.42 Å². The number of nitrogens with zero attached hydrogens (tertiary/aromatic N) is 2. The van der Waals surface area contributed by atoms with Crippen LogP contribution in [-0.2, 0) is 21.8 Å². The third-order valence-corrected chi connectivity index (χ3v) is 6.02. The Hall–Kier alpha value is -3.14. The lowest BCUT2D eigenvalue weighted by Crippen LogP contribution is -2.30. The van der Waals surface area contributed by atoms with Gasteiger partial charge in [-0.15, -0.1) is 0 Å². The molecule has 1 aromatic carbocycles. The molecule has 3 aromatic rings. The molecule has 0 saturated carbocycles. The molecule has 2 aromatic heterocycles. The summed E-state index contributed by atoms with van der Waals surface area (Å²) >= 11 is 0. The predicted octanol–water partition coefficient (Wildman–Crippen LogP) is 5.34. The van der Waals surface area contributed by atoms with Crippen molar-refractivity contribution in [1.29, 1.82) is 0 Å². The fraction of sp³-hybridized carbons (Fsp3) is 0.190. The van der Waals surface area contributed by atoms with Crippen LogP contribution in [0.4, 0.5) is 17.6 Å². The van der Waals surface area contributed by atoms with Gasteiger partial charge in [-0.25, -0.2) is 17.5 Å². The van der Waals surface area contributed by atoms with Gasteiger partial charge in [0.05, 0.1) is 16.9 Å². The van der Waals surface area contributed by atoms with Crippen LogP contribution < -0.4 is 0 Å². The molecule has 162 valence electrons. The molecule has 4 rings (SSSR count). The van der Waals surface area contributed by atoms with Crippen molar-refractivity contribution in [3.05, 3.63) is 77.6 Å². The number of furan rings is 1. The van der Waals surface area contributed by atoms with Crippen molar-refractivity contribution in [3.8, 4) is 22.6 Å². The third-order valence-electron chi connectivity index (χ3n) is 4.86. The number of alkyl halides is 4. The maximum atomic E-state index is 15.7. The van der Waals surface area contributed by atoms with E-state index >= 15 is 4.39 Å². The molecule has 1 unspecified atom stereocenters. The van der Waals surface area contributed by atoms with Crippen LogP contribution in [0.25, 0.3) is 22.6 Å². The van der Waals surface area contributed by atoms with E-state index in [0.717, 1.165) is 30.6 Å². The molecule has 0 radical (unpaired) electrons. The van der Waals surface area contributed by atoms with Gasteiger partial charge in [0.1, 0.15) is 5.76 Å². The molecule has 2 heterocycles.